The van der Waals surface area contributed by atoms with Crippen molar-refractivity contribution in [2.45, 2.75) is 0 Å². The van der Waals surface area contributed by atoms with E-state index < -0.39 is 0 Å². The smallest absolute Gasteiger partial charge is 0.255 e. The molecule has 1 amide bonds. The van der Waals surface area contributed by atoms with Crippen LogP contribution in [0.4, 0.5) is 5.69 Å². The van der Waals surface area contributed by atoms with Gasteiger partial charge in [-0.15, -0.1) is 0 Å². The minimum Gasteiger partial charge on any atom is -0.320 e. The fraction of sp³-hybridized carbons (Fsp3) is 0. The van der Waals surface area contributed by atoms with E-state index in [1.807, 2.05) is 48.5 Å². The van der Waals surface area contributed by atoms with Crippen LogP contribution in [-0.4, -0.2) is 5.91 Å². The Balaban J connectivity index is 1.91. The molecule has 0 aliphatic heterocycles. The molecule has 0 aliphatic rings. The Morgan fingerprint density at radius 2 is 1.26 bits per heavy atom. The first-order chi connectivity index (χ1) is 11.1. The van der Waals surface area contributed by atoms with Crippen LogP contribution in [0.15, 0.2) is 81.7 Å². The number of amides is 1. The maximum atomic E-state index is 12.3. The van der Waals surface area contributed by atoms with Crippen molar-refractivity contribution in [3.05, 3.63) is 87.3 Å². The highest BCUT2D eigenvalue weighted by molar-refractivity contribution is 9.11. The van der Waals surface area contributed by atoms with E-state index in [2.05, 4.69) is 49.3 Å². The van der Waals surface area contributed by atoms with Crippen LogP contribution in [0.3, 0.4) is 0 Å². The molecular formula is C19H13Br2NO. The normalized spacial score (nSPS) is 10.3. The molecule has 0 radical (unpaired) electrons. The summed E-state index contributed by atoms with van der Waals surface area (Å²) in [7, 11) is 0. The number of anilines is 1. The zero-order valence-corrected chi connectivity index (χ0v) is 15.3. The molecule has 0 bridgehead atoms. The summed E-state index contributed by atoms with van der Waals surface area (Å²) in [6.07, 6.45) is 0. The highest BCUT2D eigenvalue weighted by Crippen LogP contribution is 2.36. The molecule has 4 heteroatoms. The molecule has 0 fully saturated rings. The van der Waals surface area contributed by atoms with Gasteiger partial charge in [-0.05, 0) is 67.3 Å². The first-order valence-electron chi connectivity index (χ1n) is 7.06. The van der Waals surface area contributed by atoms with E-state index in [0.717, 1.165) is 25.8 Å². The third kappa shape index (κ3) is 3.71. The van der Waals surface area contributed by atoms with Gasteiger partial charge < -0.3 is 5.32 Å². The lowest BCUT2D eigenvalue weighted by atomic mass is 10.1. The lowest BCUT2D eigenvalue weighted by molar-refractivity contribution is 0.102. The fourth-order valence-corrected chi connectivity index (χ4v) is 3.65. The van der Waals surface area contributed by atoms with E-state index >= 15 is 0 Å². The Kier molecular flexibility index (Phi) is 4.94. The molecule has 0 atom stereocenters. The van der Waals surface area contributed by atoms with E-state index in [0.29, 0.717) is 5.56 Å². The second-order valence-corrected chi connectivity index (χ2v) is 6.71. The highest BCUT2D eigenvalue weighted by Gasteiger charge is 2.13. The average molecular weight is 431 g/mol. The van der Waals surface area contributed by atoms with Crippen LogP contribution in [0.25, 0.3) is 11.1 Å². The number of carbonyl (C=O) groups excluding carboxylic acids is 1. The maximum absolute atomic E-state index is 12.3. The minimum absolute atomic E-state index is 0.139. The highest BCUT2D eigenvalue weighted by atomic mass is 79.9. The van der Waals surface area contributed by atoms with Gasteiger partial charge in [0.1, 0.15) is 0 Å². The Hall–Kier alpha value is -1.91. The van der Waals surface area contributed by atoms with Crippen molar-refractivity contribution in [3.63, 3.8) is 0 Å². The van der Waals surface area contributed by atoms with Crippen LogP contribution < -0.4 is 5.32 Å². The summed E-state index contributed by atoms with van der Waals surface area (Å²) in [6.45, 7) is 0. The van der Waals surface area contributed by atoms with Gasteiger partial charge >= 0.3 is 0 Å². The predicted molar refractivity (Wildman–Crippen MR) is 102 cm³/mol. The van der Waals surface area contributed by atoms with Gasteiger partial charge in [-0.1, -0.05) is 48.5 Å². The summed E-state index contributed by atoms with van der Waals surface area (Å²) in [6, 6.07) is 23.2. The van der Waals surface area contributed by atoms with E-state index in [4.69, 9.17) is 0 Å². The number of carbonyl (C=O) groups is 1. The molecule has 2 nitrogen and oxygen atoms in total. The summed E-state index contributed by atoms with van der Waals surface area (Å²) in [5, 5.41) is 2.94. The number of nitrogens with one attached hydrogen (secondary N) is 1. The lowest BCUT2D eigenvalue weighted by Gasteiger charge is -2.12. The molecule has 114 valence electrons. The summed E-state index contributed by atoms with van der Waals surface area (Å²) in [4.78, 5) is 12.3. The van der Waals surface area contributed by atoms with Gasteiger partial charge in [0, 0.05) is 14.5 Å². The molecule has 0 spiro atoms. The molecule has 0 saturated heterocycles. The van der Waals surface area contributed by atoms with Crippen molar-refractivity contribution in [3.8, 4) is 11.1 Å². The largest absolute Gasteiger partial charge is 0.320 e. The van der Waals surface area contributed by atoms with Crippen molar-refractivity contribution in [1.82, 2.24) is 0 Å². The van der Waals surface area contributed by atoms with Crippen LogP contribution in [0.2, 0.25) is 0 Å². The maximum Gasteiger partial charge on any atom is 0.255 e. The third-order valence-electron chi connectivity index (χ3n) is 3.42. The molecule has 0 aliphatic carbocycles. The van der Waals surface area contributed by atoms with Crippen molar-refractivity contribution in [1.29, 1.82) is 0 Å². The van der Waals surface area contributed by atoms with Gasteiger partial charge in [-0.25, -0.2) is 0 Å². The van der Waals surface area contributed by atoms with Crippen LogP contribution in [0.1, 0.15) is 10.4 Å². The number of halogens is 2. The van der Waals surface area contributed by atoms with Crippen LogP contribution in [0, 0.1) is 0 Å². The standard InChI is InChI=1S/C19H13Br2NO/c20-16-11-15(13-7-3-1-4-8-13)12-17(21)18(16)22-19(23)14-9-5-2-6-10-14/h1-12H,(H,22,23). The molecule has 0 saturated carbocycles. The molecule has 3 aromatic rings. The summed E-state index contributed by atoms with van der Waals surface area (Å²) >= 11 is 7.10. The Morgan fingerprint density at radius 1 is 0.739 bits per heavy atom. The molecule has 0 heterocycles. The van der Waals surface area contributed by atoms with E-state index in [9.17, 15) is 4.79 Å². The second-order valence-electron chi connectivity index (χ2n) is 5.00. The third-order valence-corrected chi connectivity index (χ3v) is 4.67. The zero-order valence-electron chi connectivity index (χ0n) is 12.1. The fourth-order valence-electron chi connectivity index (χ4n) is 2.27. The Bertz CT molecular complexity index is 809. The number of hydrogen-bond acceptors (Lipinski definition) is 1. The van der Waals surface area contributed by atoms with E-state index in [1.165, 1.54) is 0 Å². The van der Waals surface area contributed by atoms with Gasteiger partial charge in [0.15, 0.2) is 0 Å². The Labute approximate surface area is 151 Å². The number of benzene rings is 3. The first-order valence-corrected chi connectivity index (χ1v) is 8.64. The summed E-state index contributed by atoms with van der Waals surface area (Å²) in [5.41, 5.74) is 3.54. The summed E-state index contributed by atoms with van der Waals surface area (Å²) in [5.74, 6) is -0.139. The van der Waals surface area contributed by atoms with Gasteiger partial charge in [0.2, 0.25) is 0 Å². The molecule has 23 heavy (non-hydrogen) atoms. The second kappa shape index (κ2) is 7.11. The minimum atomic E-state index is -0.139. The topological polar surface area (TPSA) is 29.1 Å². The first kappa shape index (κ1) is 16.0. The molecule has 0 aromatic heterocycles. The van der Waals surface area contributed by atoms with Gasteiger partial charge in [-0.2, -0.15) is 0 Å². The SMILES string of the molecule is O=C(Nc1c(Br)cc(-c2ccccc2)cc1Br)c1ccccc1. The lowest BCUT2D eigenvalue weighted by Crippen LogP contribution is -2.12. The Morgan fingerprint density at radius 3 is 1.83 bits per heavy atom. The van der Waals surface area contributed by atoms with Gasteiger partial charge in [-0.3, -0.25) is 4.79 Å². The van der Waals surface area contributed by atoms with Crippen molar-refractivity contribution < 1.29 is 4.79 Å². The van der Waals surface area contributed by atoms with E-state index in [-0.39, 0.29) is 5.91 Å². The van der Waals surface area contributed by atoms with Crippen LogP contribution >= 0.6 is 31.9 Å². The molecule has 3 rings (SSSR count). The quantitative estimate of drug-likeness (QED) is 0.531. The van der Waals surface area contributed by atoms with Crippen molar-refractivity contribution >= 4 is 43.5 Å². The van der Waals surface area contributed by atoms with Crippen molar-refractivity contribution in [2.75, 3.05) is 5.32 Å². The van der Waals surface area contributed by atoms with Crippen LogP contribution in [-0.2, 0) is 0 Å². The molecule has 0 unspecified atom stereocenters. The molecular weight excluding hydrogens is 418 g/mol. The van der Waals surface area contributed by atoms with Crippen LogP contribution in [0.5, 0.6) is 0 Å². The monoisotopic (exact) mass is 429 g/mol. The summed E-state index contributed by atoms with van der Waals surface area (Å²) < 4.78 is 1.66. The zero-order chi connectivity index (χ0) is 16.2. The average Bonchev–Trinajstić information content (AvgIpc) is 2.59. The number of hydrogen-bond donors (Lipinski definition) is 1. The number of rotatable bonds is 3. The van der Waals surface area contributed by atoms with E-state index in [1.54, 1.807) is 12.1 Å². The van der Waals surface area contributed by atoms with Gasteiger partial charge in [0.05, 0.1) is 5.69 Å². The van der Waals surface area contributed by atoms with Gasteiger partial charge in [0.25, 0.3) is 5.91 Å². The molecule has 1 N–H and O–H groups in total. The molecule has 3 aromatic carbocycles. The van der Waals surface area contributed by atoms with Crippen molar-refractivity contribution in [2.24, 2.45) is 0 Å². The predicted octanol–water partition coefficient (Wildman–Crippen LogP) is 6.13.